The summed E-state index contributed by atoms with van der Waals surface area (Å²) < 4.78 is 11.5. The topological polar surface area (TPSA) is 62.3 Å². The van der Waals surface area contributed by atoms with Crippen LogP contribution < -0.4 is 0 Å². The van der Waals surface area contributed by atoms with Crippen LogP contribution in [0.5, 0.6) is 0 Å². The number of fused-ring (bicyclic) bond motifs is 5. The van der Waals surface area contributed by atoms with Crippen LogP contribution in [0.1, 0.15) is 22.6 Å². The molecule has 25 heavy (non-hydrogen) atoms. The van der Waals surface area contributed by atoms with Crippen molar-refractivity contribution in [3.8, 4) is 0 Å². The lowest BCUT2D eigenvalue weighted by Crippen LogP contribution is -2.49. The second kappa shape index (κ2) is 5.62. The number of thiophene rings is 2. The minimum Gasteiger partial charge on any atom is -0.460 e. The zero-order chi connectivity index (χ0) is 17.2. The Hall–Kier alpha value is -1.25. The van der Waals surface area contributed by atoms with E-state index in [9.17, 15) is 9.90 Å². The highest BCUT2D eigenvalue weighted by molar-refractivity contribution is 7.12. The molecule has 3 aliphatic rings. The molecule has 0 amide bonds. The summed E-state index contributed by atoms with van der Waals surface area (Å²) in [4.78, 5) is 16.6. The molecule has 3 unspecified atom stereocenters. The number of aliphatic hydroxyl groups is 1. The first-order valence-electron chi connectivity index (χ1n) is 8.48. The third-order valence-electron chi connectivity index (χ3n) is 5.70. The van der Waals surface area contributed by atoms with Gasteiger partial charge in [0.1, 0.15) is 18.3 Å². The summed E-state index contributed by atoms with van der Waals surface area (Å²) >= 11 is 2.73. The van der Waals surface area contributed by atoms with Gasteiger partial charge in [0.25, 0.3) is 0 Å². The molecule has 132 valence electrons. The molecule has 3 saturated heterocycles. The summed E-state index contributed by atoms with van der Waals surface area (Å²) in [7, 11) is 2.12. The van der Waals surface area contributed by atoms with E-state index < -0.39 is 11.6 Å². The highest BCUT2D eigenvalue weighted by Crippen LogP contribution is 2.48. The number of piperidine rings is 1. The van der Waals surface area contributed by atoms with Crippen LogP contribution in [0, 0.1) is 0 Å². The molecule has 7 heteroatoms. The fourth-order valence-corrected chi connectivity index (χ4v) is 6.04. The van der Waals surface area contributed by atoms with Crippen molar-refractivity contribution >= 4 is 28.6 Å². The Morgan fingerprint density at radius 2 is 1.76 bits per heavy atom. The normalized spacial score (nSPS) is 33.9. The number of hydrogen-bond acceptors (Lipinski definition) is 7. The third kappa shape index (κ3) is 2.34. The number of carbonyl (C=O) groups excluding carboxylic acids is 1. The smallest absolute Gasteiger partial charge is 0.349 e. The quantitative estimate of drug-likeness (QED) is 0.654. The first-order chi connectivity index (χ1) is 12.1. The van der Waals surface area contributed by atoms with Gasteiger partial charge in [-0.25, -0.2) is 4.79 Å². The fourth-order valence-electron chi connectivity index (χ4n) is 4.32. The van der Waals surface area contributed by atoms with Crippen molar-refractivity contribution in [2.45, 2.75) is 48.8 Å². The molecule has 3 fully saturated rings. The van der Waals surface area contributed by atoms with E-state index >= 15 is 0 Å². The molecule has 2 aromatic rings. The number of esters is 1. The van der Waals surface area contributed by atoms with Gasteiger partial charge in [-0.2, -0.15) is 0 Å². The van der Waals surface area contributed by atoms with Gasteiger partial charge in [0.05, 0.1) is 9.75 Å². The van der Waals surface area contributed by atoms with Gasteiger partial charge in [-0.3, -0.25) is 4.90 Å². The summed E-state index contributed by atoms with van der Waals surface area (Å²) in [6.45, 7) is 0. The predicted molar refractivity (Wildman–Crippen MR) is 94.8 cm³/mol. The number of likely N-dealkylation sites (N-methyl/N-ethyl adjacent to an activating group) is 1. The molecule has 5 heterocycles. The van der Waals surface area contributed by atoms with Gasteiger partial charge >= 0.3 is 5.97 Å². The summed E-state index contributed by atoms with van der Waals surface area (Å²) in [5.74, 6) is -0.569. The van der Waals surface area contributed by atoms with Crippen LogP contribution >= 0.6 is 22.7 Å². The van der Waals surface area contributed by atoms with Gasteiger partial charge in [-0.1, -0.05) is 12.1 Å². The molecule has 5 nitrogen and oxygen atoms in total. The molecule has 0 aliphatic carbocycles. The maximum Gasteiger partial charge on any atom is 0.349 e. The van der Waals surface area contributed by atoms with Crippen LogP contribution in [0.4, 0.5) is 0 Å². The molecule has 2 bridgehead atoms. The standard InChI is InChI=1S/C18H19NO4S2/c1-19-11-8-10(9-12(19)16-15(11)23-16)22-17(20)18(21,13-4-2-6-24-13)14-5-3-7-25-14/h2-7,10-12,15-16,21H,8-9H2,1H3/t10?,11-,12+,15?,16?. The van der Waals surface area contributed by atoms with E-state index in [1.807, 2.05) is 22.9 Å². The summed E-state index contributed by atoms with van der Waals surface area (Å²) in [5, 5.41) is 15.0. The predicted octanol–water partition coefficient (Wildman–Crippen LogP) is 2.20. The first kappa shape index (κ1) is 16.0. The Morgan fingerprint density at radius 1 is 1.20 bits per heavy atom. The Balaban J connectivity index is 1.39. The highest BCUT2D eigenvalue weighted by atomic mass is 32.1. The van der Waals surface area contributed by atoms with E-state index in [0.717, 1.165) is 12.8 Å². The first-order valence-corrected chi connectivity index (χ1v) is 10.2. The number of morpholine rings is 1. The largest absolute Gasteiger partial charge is 0.460 e. The fraction of sp³-hybridized carbons (Fsp3) is 0.500. The van der Waals surface area contributed by atoms with E-state index in [1.165, 1.54) is 22.7 Å². The maximum atomic E-state index is 13.0. The van der Waals surface area contributed by atoms with E-state index in [0.29, 0.717) is 34.0 Å². The average molecular weight is 377 g/mol. The number of hydrogen-bond donors (Lipinski definition) is 1. The monoisotopic (exact) mass is 377 g/mol. The van der Waals surface area contributed by atoms with Crippen molar-refractivity contribution in [1.29, 1.82) is 0 Å². The van der Waals surface area contributed by atoms with Crippen molar-refractivity contribution in [1.82, 2.24) is 4.90 Å². The van der Waals surface area contributed by atoms with Crippen LogP contribution in [-0.4, -0.2) is 53.4 Å². The minimum atomic E-state index is -1.72. The Bertz CT molecular complexity index is 723. The van der Waals surface area contributed by atoms with Gasteiger partial charge in [0.15, 0.2) is 0 Å². The zero-order valence-corrected chi connectivity index (χ0v) is 15.3. The molecule has 5 atom stereocenters. The molecule has 0 aromatic carbocycles. The highest BCUT2D eigenvalue weighted by Gasteiger charge is 2.63. The molecule has 0 saturated carbocycles. The summed E-state index contributed by atoms with van der Waals surface area (Å²) in [6, 6.07) is 7.88. The van der Waals surface area contributed by atoms with Crippen molar-refractivity contribution < 1.29 is 19.4 Å². The lowest BCUT2D eigenvalue weighted by molar-refractivity contribution is -0.171. The Morgan fingerprint density at radius 3 is 2.24 bits per heavy atom. The molecular formula is C18H19NO4S2. The van der Waals surface area contributed by atoms with E-state index in [4.69, 9.17) is 9.47 Å². The van der Waals surface area contributed by atoms with Crippen molar-refractivity contribution in [3.05, 3.63) is 44.8 Å². The Kier molecular flexibility index (Phi) is 3.59. The number of carbonyl (C=O) groups is 1. The number of epoxide rings is 1. The third-order valence-corrected chi connectivity index (χ3v) is 7.66. The van der Waals surface area contributed by atoms with Gasteiger partial charge in [-0.05, 0) is 29.9 Å². The van der Waals surface area contributed by atoms with E-state index in [1.54, 1.807) is 12.1 Å². The van der Waals surface area contributed by atoms with Gasteiger partial charge in [-0.15, -0.1) is 22.7 Å². The molecule has 3 aliphatic heterocycles. The van der Waals surface area contributed by atoms with Crippen molar-refractivity contribution in [2.24, 2.45) is 0 Å². The zero-order valence-electron chi connectivity index (χ0n) is 13.7. The van der Waals surface area contributed by atoms with Crippen LogP contribution in [0.25, 0.3) is 0 Å². The Labute approximate surface area is 153 Å². The van der Waals surface area contributed by atoms with E-state index in [-0.39, 0.29) is 6.10 Å². The van der Waals surface area contributed by atoms with Crippen LogP contribution in [-0.2, 0) is 19.9 Å². The van der Waals surface area contributed by atoms with Gasteiger partial charge in [0, 0.05) is 24.9 Å². The van der Waals surface area contributed by atoms with Crippen molar-refractivity contribution in [2.75, 3.05) is 7.05 Å². The SMILES string of the molecule is CN1[C@@H]2CC(OC(=O)C(O)(c3cccs3)c3cccs3)C[C@H]1C1OC12. The molecular weight excluding hydrogens is 358 g/mol. The lowest BCUT2D eigenvalue weighted by Gasteiger charge is -2.38. The van der Waals surface area contributed by atoms with Crippen LogP contribution in [0.3, 0.4) is 0 Å². The molecule has 5 rings (SSSR count). The molecule has 0 radical (unpaired) electrons. The minimum absolute atomic E-state index is 0.165. The number of rotatable bonds is 4. The number of nitrogens with zero attached hydrogens (tertiary/aromatic N) is 1. The van der Waals surface area contributed by atoms with E-state index in [2.05, 4.69) is 11.9 Å². The van der Waals surface area contributed by atoms with Gasteiger partial charge < -0.3 is 14.6 Å². The average Bonchev–Trinajstić information content (AvgIpc) is 2.97. The maximum absolute atomic E-state index is 13.0. The molecule has 0 spiro atoms. The second-order valence-corrected chi connectivity index (χ2v) is 8.92. The van der Waals surface area contributed by atoms with Crippen molar-refractivity contribution in [3.63, 3.8) is 0 Å². The second-order valence-electron chi connectivity index (χ2n) is 7.03. The summed E-state index contributed by atoms with van der Waals surface area (Å²) in [6.07, 6.45) is 1.97. The molecule has 1 N–H and O–H groups in total. The number of ether oxygens (including phenoxy) is 2. The van der Waals surface area contributed by atoms with Crippen LogP contribution in [0.2, 0.25) is 0 Å². The van der Waals surface area contributed by atoms with Crippen LogP contribution in [0.15, 0.2) is 35.0 Å². The van der Waals surface area contributed by atoms with Gasteiger partial charge in [0.2, 0.25) is 5.60 Å². The summed E-state index contributed by atoms with van der Waals surface area (Å²) in [5.41, 5.74) is -1.72. The molecule has 2 aromatic heterocycles. The lowest BCUT2D eigenvalue weighted by atomic mass is 9.97.